The van der Waals surface area contributed by atoms with Gasteiger partial charge in [-0.3, -0.25) is 0 Å². The number of aromatic nitrogens is 2. The van der Waals surface area contributed by atoms with Gasteiger partial charge in [0.05, 0.1) is 0 Å². The van der Waals surface area contributed by atoms with Gasteiger partial charge in [-0.15, -0.1) is 0 Å². The van der Waals surface area contributed by atoms with Gasteiger partial charge in [-0.1, -0.05) is 31.0 Å². The minimum Gasteiger partial charge on any atom is -0.393 e. The summed E-state index contributed by atoms with van der Waals surface area (Å²) >= 11 is 0. The molecule has 0 bridgehead atoms. The van der Waals surface area contributed by atoms with Crippen LogP contribution in [0.3, 0.4) is 0 Å². The first kappa shape index (κ1) is 15.1. The van der Waals surface area contributed by atoms with Crippen LogP contribution < -0.4 is 16.0 Å². The maximum Gasteiger partial charge on any atom is 0.159 e. The van der Waals surface area contributed by atoms with E-state index < -0.39 is 0 Å². The summed E-state index contributed by atoms with van der Waals surface area (Å²) in [7, 11) is 2.00. The van der Waals surface area contributed by atoms with Crippen LogP contribution in [0.15, 0.2) is 30.6 Å². The van der Waals surface area contributed by atoms with E-state index in [0.717, 1.165) is 30.9 Å². The maximum absolute atomic E-state index is 6.20. The zero-order valence-electron chi connectivity index (χ0n) is 12.9. The second-order valence-corrected chi connectivity index (χ2v) is 5.23. The molecular formula is C16H23N5. The molecule has 21 heavy (non-hydrogen) atoms. The number of rotatable bonds is 6. The minimum atomic E-state index is 0.580. The predicted octanol–water partition coefficient (Wildman–Crippen LogP) is 3.35. The van der Waals surface area contributed by atoms with Gasteiger partial charge in [0.1, 0.15) is 12.0 Å². The molecule has 0 fully saturated rings. The monoisotopic (exact) mass is 285 g/mol. The van der Waals surface area contributed by atoms with Crippen molar-refractivity contribution in [1.82, 2.24) is 9.97 Å². The molecule has 0 amide bonds. The quantitative estimate of drug-likeness (QED) is 0.852. The Hall–Kier alpha value is -2.30. The number of hydrogen-bond donors (Lipinski definition) is 2. The van der Waals surface area contributed by atoms with E-state index in [4.69, 9.17) is 5.73 Å². The molecule has 0 aliphatic heterocycles. The van der Waals surface area contributed by atoms with Crippen molar-refractivity contribution in [2.45, 2.75) is 26.7 Å². The number of nitrogens with two attached hydrogens (primary N) is 1. The number of nitrogen functional groups attached to an aromatic ring is 1. The maximum atomic E-state index is 6.20. The van der Waals surface area contributed by atoms with Gasteiger partial charge in [0.2, 0.25) is 0 Å². The summed E-state index contributed by atoms with van der Waals surface area (Å²) in [6.45, 7) is 5.16. The molecule has 0 atom stereocenters. The SMILES string of the molecule is CCCCN(C)c1ncnc(Nc2ccc(C)cc2)c1N. The van der Waals surface area contributed by atoms with Crippen LogP contribution in [0.4, 0.5) is 23.0 Å². The Labute approximate surface area is 126 Å². The van der Waals surface area contributed by atoms with Crippen molar-refractivity contribution >= 4 is 23.0 Å². The molecule has 0 saturated carbocycles. The summed E-state index contributed by atoms with van der Waals surface area (Å²) < 4.78 is 0. The number of benzene rings is 1. The van der Waals surface area contributed by atoms with E-state index in [9.17, 15) is 0 Å². The Morgan fingerprint density at radius 3 is 2.57 bits per heavy atom. The molecule has 0 aliphatic rings. The Balaban J connectivity index is 2.19. The van der Waals surface area contributed by atoms with Crippen LogP contribution >= 0.6 is 0 Å². The smallest absolute Gasteiger partial charge is 0.159 e. The van der Waals surface area contributed by atoms with Crippen molar-refractivity contribution in [1.29, 1.82) is 0 Å². The van der Waals surface area contributed by atoms with E-state index >= 15 is 0 Å². The lowest BCUT2D eigenvalue weighted by Gasteiger charge is -2.20. The topological polar surface area (TPSA) is 67.1 Å². The molecule has 0 saturated heterocycles. The molecule has 1 aromatic carbocycles. The first-order valence-corrected chi connectivity index (χ1v) is 7.27. The fourth-order valence-electron chi connectivity index (χ4n) is 2.06. The van der Waals surface area contributed by atoms with Crippen LogP contribution in [-0.2, 0) is 0 Å². The van der Waals surface area contributed by atoms with Crippen molar-refractivity contribution in [3.63, 3.8) is 0 Å². The lowest BCUT2D eigenvalue weighted by molar-refractivity contribution is 0.759. The van der Waals surface area contributed by atoms with Crippen molar-refractivity contribution < 1.29 is 0 Å². The van der Waals surface area contributed by atoms with Crippen LogP contribution in [0.1, 0.15) is 25.3 Å². The summed E-state index contributed by atoms with van der Waals surface area (Å²) in [5, 5.41) is 3.25. The molecule has 0 unspecified atom stereocenters. The highest BCUT2D eigenvalue weighted by molar-refractivity contribution is 5.78. The van der Waals surface area contributed by atoms with Gasteiger partial charge in [0.15, 0.2) is 11.6 Å². The van der Waals surface area contributed by atoms with Gasteiger partial charge >= 0.3 is 0 Å². The largest absolute Gasteiger partial charge is 0.393 e. The minimum absolute atomic E-state index is 0.580. The Bertz CT molecular complexity index is 580. The molecule has 2 rings (SSSR count). The third kappa shape index (κ3) is 3.84. The molecule has 0 spiro atoms. The Morgan fingerprint density at radius 1 is 1.19 bits per heavy atom. The fraction of sp³-hybridized carbons (Fsp3) is 0.375. The molecular weight excluding hydrogens is 262 g/mol. The van der Waals surface area contributed by atoms with Crippen molar-refractivity contribution in [2.75, 3.05) is 29.5 Å². The number of hydrogen-bond acceptors (Lipinski definition) is 5. The molecule has 0 aliphatic carbocycles. The van der Waals surface area contributed by atoms with Crippen molar-refractivity contribution in [2.24, 2.45) is 0 Å². The summed E-state index contributed by atoms with van der Waals surface area (Å²) in [5.41, 5.74) is 8.97. The van der Waals surface area contributed by atoms with Crippen LogP contribution in [-0.4, -0.2) is 23.6 Å². The normalized spacial score (nSPS) is 10.4. The van der Waals surface area contributed by atoms with Crippen LogP contribution in [0.25, 0.3) is 0 Å². The second kappa shape index (κ2) is 6.92. The first-order valence-electron chi connectivity index (χ1n) is 7.27. The molecule has 1 heterocycles. The Kier molecular flexibility index (Phi) is 4.98. The van der Waals surface area contributed by atoms with E-state index in [-0.39, 0.29) is 0 Å². The lowest BCUT2D eigenvalue weighted by atomic mass is 10.2. The van der Waals surface area contributed by atoms with Gasteiger partial charge in [-0.2, -0.15) is 0 Å². The zero-order chi connectivity index (χ0) is 15.2. The highest BCUT2D eigenvalue weighted by Crippen LogP contribution is 2.27. The highest BCUT2D eigenvalue weighted by Gasteiger charge is 2.11. The van der Waals surface area contributed by atoms with Crippen molar-refractivity contribution in [3.8, 4) is 0 Å². The number of nitrogens with one attached hydrogen (secondary N) is 1. The second-order valence-electron chi connectivity index (χ2n) is 5.23. The molecule has 112 valence electrons. The predicted molar refractivity (Wildman–Crippen MR) is 89.1 cm³/mol. The average Bonchev–Trinajstić information content (AvgIpc) is 2.49. The summed E-state index contributed by atoms with van der Waals surface area (Å²) in [5.74, 6) is 1.42. The number of aryl methyl sites for hydroxylation is 1. The molecule has 2 aromatic rings. The highest BCUT2D eigenvalue weighted by atomic mass is 15.2. The standard InChI is InChI=1S/C16H23N5/c1-4-5-10-21(3)16-14(17)15(18-11-19-16)20-13-8-6-12(2)7-9-13/h6-9,11H,4-5,10,17H2,1-3H3,(H,18,19,20). The number of nitrogens with zero attached hydrogens (tertiary/aromatic N) is 3. The van der Waals surface area contributed by atoms with Crippen molar-refractivity contribution in [3.05, 3.63) is 36.2 Å². The van der Waals surface area contributed by atoms with Crippen LogP contribution in [0.5, 0.6) is 0 Å². The number of anilines is 4. The molecule has 1 aromatic heterocycles. The third-order valence-corrected chi connectivity index (χ3v) is 3.39. The van der Waals surface area contributed by atoms with E-state index in [1.165, 1.54) is 5.56 Å². The summed E-state index contributed by atoms with van der Waals surface area (Å²) in [6, 6.07) is 8.12. The molecule has 0 radical (unpaired) electrons. The van der Waals surface area contributed by atoms with Gasteiger partial charge in [-0.25, -0.2) is 9.97 Å². The Morgan fingerprint density at radius 2 is 1.90 bits per heavy atom. The zero-order valence-corrected chi connectivity index (χ0v) is 12.9. The van der Waals surface area contributed by atoms with E-state index in [0.29, 0.717) is 11.5 Å². The van der Waals surface area contributed by atoms with Gasteiger partial charge in [-0.05, 0) is 25.5 Å². The van der Waals surface area contributed by atoms with E-state index in [2.05, 4.69) is 34.0 Å². The number of unbranched alkanes of at least 4 members (excludes halogenated alkanes) is 1. The van der Waals surface area contributed by atoms with Crippen LogP contribution in [0.2, 0.25) is 0 Å². The molecule has 5 heteroatoms. The van der Waals surface area contributed by atoms with E-state index in [1.54, 1.807) is 6.33 Å². The molecule has 5 nitrogen and oxygen atoms in total. The fourth-order valence-corrected chi connectivity index (χ4v) is 2.06. The first-order chi connectivity index (χ1) is 10.1. The van der Waals surface area contributed by atoms with Gasteiger partial charge in [0, 0.05) is 19.3 Å². The molecule has 3 N–H and O–H groups in total. The van der Waals surface area contributed by atoms with Gasteiger partial charge < -0.3 is 16.0 Å². The average molecular weight is 285 g/mol. The third-order valence-electron chi connectivity index (χ3n) is 3.39. The summed E-state index contributed by atoms with van der Waals surface area (Å²) in [6.07, 6.45) is 3.80. The van der Waals surface area contributed by atoms with Gasteiger partial charge in [0.25, 0.3) is 0 Å². The summed E-state index contributed by atoms with van der Waals surface area (Å²) in [4.78, 5) is 10.6. The lowest BCUT2D eigenvalue weighted by Crippen LogP contribution is -2.21. The van der Waals surface area contributed by atoms with Crippen LogP contribution in [0, 0.1) is 6.92 Å². The van der Waals surface area contributed by atoms with E-state index in [1.807, 2.05) is 31.3 Å².